The molecule has 0 spiro atoms. The third-order valence-electron chi connectivity index (χ3n) is 7.36. The second-order valence-electron chi connectivity index (χ2n) is 9.57. The van der Waals surface area contributed by atoms with E-state index < -0.39 is 48.2 Å². The molecular formula is C26H27F3N4O3. The summed E-state index contributed by atoms with van der Waals surface area (Å²) in [5, 5.41) is 2.69. The Morgan fingerprint density at radius 2 is 1.81 bits per heavy atom. The third kappa shape index (κ3) is 4.40. The van der Waals surface area contributed by atoms with Crippen molar-refractivity contribution in [1.29, 1.82) is 0 Å². The number of carbonyl (C=O) groups is 2. The number of alkyl halides is 3. The van der Waals surface area contributed by atoms with Crippen molar-refractivity contribution < 1.29 is 27.5 Å². The average molecular weight is 501 g/mol. The summed E-state index contributed by atoms with van der Waals surface area (Å²) in [6.45, 7) is -0.268. The minimum atomic E-state index is -2.87. The van der Waals surface area contributed by atoms with Crippen LogP contribution in [0.1, 0.15) is 37.7 Å². The van der Waals surface area contributed by atoms with Crippen LogP contribution in [-0.4, -0.2) is 58.5 Å². The molecule has 190 valence electrons. The molecule has 0 bridgehead atoms. The van der Waals surface area contributed by atoms with Gasteiger partial charge in [-0.15, -0.1) is 0 Å². The van der Waals surface area contributed by atoms with Crippen molar-refractivity contribution in [2.24, 2.45) is 0 Å². The normalized spacial score (nSPS) is 22.9. The van der Waals surface area contributed by atoms with Gasteiger partial charge in [0.15, 0.2) is 0 Å². The highest BCUT2D eigenvalue weighted by Crippen LogP contribution is 2.47. The highest BCUT2D eigenvalue weighted by molar-refractivity contribution is 5.99. The Kier molecular flexibility index (Phi) is 6.13. The largest absolute Gasteiger partial charge is 0.497 e. The molecule has 1 aliphatic carbocycles. The number of pyridine rings is 1. The van der Waals surface area contributed by atoms with Gasteiger partial charge in [0.25, 0.3) is 0 Å². The van der Waals surface area contributed by atoms with Crippen molar-refractivity contribution in [2.45, 2.75) is 55.7 Å². The van der Waals surface area contributed by atoms with Gasteiger partial charge in [0.05, 0.1) is 30.1 Å². The maximum absolute atomic E-state index is 14.6. The molecule has 0 unspecified atom stereocenters. The summed E-state index contributed by atoms with van der Waals surface area (Å²) in [6.07, 6.45) is -0.969. The van der Waals surface area contributed by atoms with Crippen molar-refractivity contribution in [3.05, 3.63) is 54.2 Å². The quantitative estimate of drug-likeness (QED) is 0.536. The molecule has 3 heterocycles. The number of rotatable bonds is 5. The van der Waals surface area contributed by atoms with Crippen molar-refractivity contribution >= 4 is 28.7 Å². The van der Waals surface area contributed by atoms with E-state index in [9.17, 15) is 22.8 Å². The van der Waals surface area contributed by atoms with Crippen molar-refractivity contribution in [3.8, 4) is 5.75 Å². The zero-order valence-corrected chi connectivity index (χ0v) is 19.8. The molecule has 2 fully saturated rings. The molecule has 36 heavy (non-hydrogen) atoms. The van der Waals surface area contributed by atoms with Crippen LogP contribution in [0.25, 0.3) is 11.0 Å². The molecule has 2 N–H and O–H groups in total. The number of fused-ring (bicyclic) bond motifs is 1. The lowest BCUT2D eigenvalue weighted by Gasteiger charge is -2.42. The second-order valence-corrected chi connectivity index (χ2v) is 9.57. The van der Waals surface area contributed by atoms with Gasteiger partial charge in [-0.1, -0.05) is 12.1 Å². The van der Waals surface area contributed by atoms with E-state index in [2.05, 4.69) is 15.3 Å². The summed E-state index contributed by atoms with van der Waals surface area (Å²) < 4.78 is 48.1. The lowest BCUT2D eigenvalue weighted by atomic mass is 9.67. The van der Waals surface area contributed by atoms with E-state index in [1.165, 1.54) is 12.0 Å². The van der Waals surface area contributed by atoms with E-state index in [1.54, 1.807) is 48.7 Å². The number of aromatic nitrogens is 2. The molecule has 2 aliphatic rings. The van der Waals surface area contributed by atoms with Gasteiger partial charge in [0.1, 0.15) is 23.8 Å². The second kappa shape index (κ2) is 9.15. The number of nitrogens with zero attached hydrogens (tertiary/aromatic N) is 2. The molecule has 1 saturated heterocycles. The number of anilines is 1. The predicted octanol–water partition coefficient (Wildman–Crippen LogP) is 4.60. The van der Waals surface area contributed by atoms with Gasteiger partial charge in [-0.3, -0.25) is 9.59 Å². The van der Waals surface area contributed by atoms with Gasteiger partial charge in [0.2, 0.25) is 17.7 Å². The molecule has 2 aromatic heterocycles. The molecule has 3 aromatic rings. The number of likely N-dealkylation sites (tertiary alicyclic amines) is 1. The highest BCUT2D eigenvalue weighted by atomic mass is 19.3. The Morgan fingerprint density at radius 1 is 1.08 bits per heavy atom. The molecule has 2 amide bonds. The fourth-order valence-electron chi connectivity index (χ4n) is 5.32. The van der Waals surface area contributed by atoms with Crippen LogP contribution in [0.5, 0.6) is 5.75 Å². The smallest absolute Gasteiger partial charge is 0.248 e. The number of amides is 2. The van der Waals surface area contributed by atoms with Gasteiger partial charge < -0.3 is 19.9 Å². The number of halogens is 3. The molecule has 5 rings (SSSR count). The molecule has 1 aromatic carbocycles. The Hall–Kier alpha value is -3.56. The van der Waals surface area contributed by atoms with Crippen LogP contribution in [0.3, 0.4) is 0 Å². The van der Waals surface area contributed by atoms with Gasteiger partial charge >= 0.3 is 0 Å². The Balaban J connectivity index is 1.43. The molecule has 10 heteroatoms. The summed E-state index contributed by atoms with van der Waals surface area (Å²) in [5.74, 6) is -3.08. The van der Waals surface area contributed by atoms with E-state index in [1.807, 2.05) is 0 Å². The van der Waals surface area contributed by atoms with Crippen LogP contribution in [0.15, 0.2) is 48.7 Å². The van der Waals surface area contributed by atoms with Crippen LogP contribution in [-0.2, 0) is 15.0 Å². The van der Waals surface area contributed by atoms with Crippen molar-refractivity contribution in [2.75, 3.05) is 19.0 Å². The zero-order chi connectivity index (χ0) is 25.5. The SMILES string of the molecule is COc1ccc(C2(C(=O)N3C[C@H](F)C[C@@H]3C(=O)Nc3ccc4[nH]ccc4n3)CCC(F)(F)CC2)cc1. The molecule has 0 radical (unpaired) electrons. The first-order valence-electron chi connectivity index (χ1n) is 11.9. The number of benzene rings is 1. The average Bonchev–Trinajstić information content (AvgIpc) is 3.50. The standard InChI is InChI=1S/C26H27F3N4O3/c1-36-18-4-2-16(3-5-18)25(9-11-26(28,29)12-10-25)24(35)33-15-17(27)14-21(33)23(34)32-22-7-6-19-20(31-22)8-13-30-19/h2-8,13,17,21,30H,9-12,14-15H2,1H3,(H,31,32,34)/t17-,21-/m1/s1. The van der Waals surface area contributed by atoms with Gasteiger partial charge in [-0.2, -0.15) is 0 Å². The van der Waals surface area contributed by atoms with E-state index in [4.69, 9.17) is 4.74 Å². The number of hydrogen-bond donors (Lipinski definition) is 2. The number of carbonyl (C=O) groups excluding carboxylic acids is 2. The van der Waals surface area contributed by atoms with Gasteiger partial charge in [-0.25, -0.2) is 18.2 Å². The van der Waals surface area contributed by atoms with Crippen LogP contribution >= 0.6 is 0 Å². The van der Waals surface area contributed by atoms with Crippen LogP contribution < -0.4 is 10.1 Å². The number of hydrogen-bond acceptors (Lipinski definition) is 4. The third-order valence-corrected chi connectivity index (χ3v) is 7.36. The van der Waals surface area contributed by atoms with Crippen molar-refractivity contribution in [3.63, 3.8) is 0 Å². The number of methoxy groups -OCH3 is 1. The molecule has 1 saturated carbocycles. The topological polar surface area (TPSA) is 87.3 Å². The first-order chi connectivity index (χ1) is 17.2. The summed E-state index contributed by atoms with van der Waals surface area (Å²) >= 11 is 0. The van der Waals surface area contributed by atoms with Crippen LogP contribution in [0.2, 0.25) is 0 Å². The van der Waals surface area contributed by atoms with Crippen LogP contribution in [0, 0.1) is 0 Å². The van der Waals surface area contributed by atoms with E-state index in [0.29, 0.717) is 16.8 Å². The monoisotopic (exact) mass is 500 g/mol. The maximum atomic E-state index is 14.6. The fraction of sp³-hybridized carbons (Fsp3) is 0.423. The Labute approximate surface area is 206 Å². The Morgan fingerprint density at radius 3 is 2.50 bits per heavy atom. The predicted molar refractivity (Wildman–Crippen MR) is 128 cm³/mol. The molecular weight excluding hydrogens is 473 g/mol. The summed E-state index contributed by atoms with van der Waals surface area (Å²) in [4.78, 5) is 35.8. The Bertz CT molecular complexity index is 1270. The summed E-state index contributed by atoms with van der Waals surface area (Å²) in [7, 11) is 1.51. The van der Waals surface area contributed by atoms with Gasteiger partial charge in [-0.05, 0) is 48.7 Å². The van der Waals surface area contributed by atoms with E-state index >= 15 is 0 Å². The number of nitrogens with one attached hydrogen (secondary N) is 2. The minimum Gasteiger partial charge on any atom is -0.497 e. The van der Waals surface area contributed by atoms with Crippen molar-refractivity contribution in [1.82, 2.24) is 14.9 Å². The molecule has 2 atom stereocenters. The fourth-order valence-corrected chi connectivity index (χ4v) is 5.32. The summed E-state index contributed by atoms with van der Waals surface area (Å²) in [6, 6.07) is 10.8. The number of ether oxygens (including phenoxy) is 1. The first-order valence-corrected chi connectivity index (χ1v) is 11.9. The number of aromatic amines is 1. The van der Waals surface area contributed by atoms with Gasteiger partial charge in [0, 0.05) is 25.5 Å². The lowest BCUT2D eigenvalue weighted by Crippen LogP contribution is -2.54. The minimum absolute atomic E-state index is 0.0985. The highest BCUT2D eigenvalue weighted by Gasteiger charge is 2.53. The van der Waals surface area contributed by atoms with Crippen LogP contribution in [0.4, 0.5) is 19.0 Å². The maximum Gasteiger partial charge on any atom is 0.248 e. The molecule has 7 nitrogen and oxygen atoms in total. The van der Waals surface area contributed by atoms with E-state index in [0.717, 1.165) is 5.52 Å². The summed E-state index contributed by atoms with van der Waals surface area (Å²) in [5.41, 5.74) is 0.728. The lowest BCUT2D eigenvalue weighted by molar-refractivity contribution is -0.146. The zero-order valence-electron chi connectivity index (χ0n) is 19.8. The number of H-pyrrole nitrogens is 1. The first kappa shape index (κ1) is 24.1. The van der Waals surface area contributed by atoms with E-state index in [-0.39, 0.29) is 31.6 Å². The molecule has 1 aliphatic heterocycles.